The third-order valence-electron chi connectivity index (χ3n) is 5.81. The topological polar surface area (TPSA) is 110 Å². The first-order chi connectivity index (χ1) is 15.7. The summed E-state index contributed by atoms with van der Waals surface area (Å²) in [6, 6.07) is 20.1. The Bertz CT molecular complexity index is 1320. The average molecular weight is 466 g/mol. The molecule has 170 valence electrons. The third kappa shape index (κ3) is 3.64. The van der Waals surface area contributed by atoms with Gasteiger partial charge < -0.3 is 5.32 Å². The molecule has 1 aliphatic rings. The zero-order valence-electron chi connectivity index (χ0n) is 18.1. The first-order valence-electron chi connectivity index (χ1n) is 10.4. The lowest BCUT2D eigenvalue weighted by Crippen LogP contribution is -2.53. The zero-order valence-corrected chi connectivity index (χ0v) is 19.0. The molecule has 8 nitrogen and oxygen atoms in total. The van der Waals surface area contributed by atoms with Crippen LogP contribution in [0.3, 0.4) is 0 Å². The predicted octanol–water partition coefficient (Wildman–Crippen LogP) is 4.32. The highest BCUT2D eigenvalue weighted by Crippen LogP contribution is 2.43. The van der Waals surface area contributed by atoms with Gasteiger partial charge in [0.15, 0.2) is 4.87 Å². The van der Waals surface area contributed by atoms with Crippen LogP contribution in [0.25, 0.3) is 11.1 Å². The van der Waals surface area contributed by atoms with Gasteiger partial charge in [-0.25, -0.2) is 13.2 Å². The number of sulfone groups is 1. The number of amides is 2. The lowest BCUT2D eigenvalue weighted by Gasteiger charge is -2.39. The molecule has 0 bridgehead atoms. The largest absolute Gasteiger partial charge is 0.334 e. The van der Waals surface area contributed by atoms with E-state index in [0.29, 0.717) is 16.7 Å². The molecule has 0 spiro atoms. The Morgan fingerprint density at radius 3 is 2.24 bits per heavy atom. The van der Waals surface area contributed by atoms with Gasteiger partial charge in [-0.05, 0) is 48.7 Å². The Labute approximate surface area is 191 Å². The Morgan fingerprint density at radius 1 is 0.970 bits per heavy atom. The van der Waals surface area contributed by atoms with Crippen molar-refractivity contribution in [2.45, 2.75) is 29.7 Å². The van der Waals surface area contributed by atoms with E-state index in [0.717, 1.165) is 0 Å². The van der Waals surface area contributed by atoms with Crippen molar-refractivity contribution in [2.75, 3.05) is 6.54 Å². The van der Waals surface area contributed by atoms with E-state index >= 15 is 0 Å². The molecule has 3 aromatic rings. The molecule has 1 N–H and O–H groups in total. The molecule has 1 atom stereocenters. The lowest BCUT2D eigenvalue weighted by molar-refractivity contribution is -0.384. The second kappa shape index (κ2) is 8.32. The van der Waals surface area contributed by atoms with Crippen LogP contribution in [0.1, 0.15) is 19.4 Å². The predicted molar refractivity (Wildman–Crippen MR) is 124 cm³/mol. The van der Waals surface area contributed by atoms with Crippen LogP contribution < -0.4 is 5.32 Å². The molecule has 9 heteroatoms. The minimum atomic E-state index is -4.07. The van der Waals surface area contributed by atoms with Gasteiger partial charge in [0.1, 0.15) is 0 Å². The number of nitro groups is 1. The molecule has 0 aliphatic carbocycles. The summed E-state index contributed by atoms with van der Waals surface area (Å²) in [5.74, 6) is 0. The van der Waals surface area contributed by atoms with Crippen LogP contribution in [-0.2, 0) is 14.7 Å². The summed E-state index contributed by atoms with van der Waals surface area (Å²) < 4.78 is 28.2. The minimum absolute atomic E-state index is 0.0639. The van der Waals surface area contributed by atoms with Gasteiger partial charge in [0.2, 0.25) is 9.84 Å². The van der Waals surface area contributed by atoms with Crippen LogP contribution >= 0.6 is 0 Å². The zero-order chi connectivity index (χ0) is 23.8. The van der Waals surface area contributed by atoms with Gasteiger partial charge in [-0.3, -0.25) is 15.0 Å². The van der Waals surface area contributed by atoms with Crippen molar-refractivity contribution >= 4 is 21.6 Å². The van der Waals surface area contributed by atoms with Crippen LogP contribution in [0.4, 0.5) is 10.5 Å². The average Bonchev–Trinajstić information content (AvgIpc) is 3.19. The summed E-state index contributed by atoms with van der Waals surface area (Å²) in [5.41, 5.74) is 1.53. The van der Waals surface area contributed by atoms with Gasteiger partial charge in [0, 0.05) is 18.2 Å². The molecular formula is C24H23N3O5S. The SMILES string of the molecule is CC(C)N1C(=O)NCC1(c1cccc(-c2cccc([N+](=O)[O-])c2)c1)S(=O)(=O)c1ccccc1. The molecule has 1 heterocycles. The van der Waals surface area contributed by atoms with Gasteiger partial charge in [-0.15, -0.1) is 0 Å². The number of non-ortho nitro benzene ring substituents is 1. The number of hydrogen-bond acceptors (Lipinski definition) is 5. The summed E-state index contributed by atoms with van der Waals surface area (Å²) >= 11 is 0. The third-order valence-corrected chi connectivity index (χ3v) is 8.16. The van der Waals surface area contributed by atoms with Crippen molar-refractivity contribution < 1.29 is 18.1 Å². The van der Waals surface area contributed by atoms with E-state index in [1.165, 1.54) is 29.2 Å². The Kier molecular flexibility index (Phi) is 5.67. The Hall–Kier alpha value is -3.72. The first-order valence-corrected chi connectivity index (χ1v) is 11.9. The van der Waals surface area contributed by atoms with Crippen molar-refractivity contribution in [1.82, 2.24) is 10.2 Å². The molecule has 1 aliphatic heterocycles. The molecule has 4 rings (SSSR count). The normalized spacial score (nSPS) is 18.4. The monoisotopic (exact) mass is 465 g/mol. The van der Waals surface area contributed by atoms with E-state index < -0.39 is 31.7 Å². The van der Waals surface area contributed by atoms with E-state index in [4.69, 9.17) is 0 Å². The quantitative estimate of drug-likeness (QED) is 0.431. The molecule has 2 amide bonds. The van der Waals surface area contributed by atoms with Crippen molar-refractivity contribution in [1.29, 1.82) is 0 Å². The number of hydrogen-bond donors (Lipinski definition) is 1. The van der Waals surface area contributed by atoms with Crippen LogP contribution in [0.15, 0.2) is 83.8 Å². The summed E-state index contributed by atoms with van der Waals surface area (Å²) in [7, 11) is -4.07. The van der Waals surface area contributed by atoms with E-state index in [9.17, 15) is 23.3 Å². The summed E-state index contributed by atoms with van der Waals surface area (Å²) in [5, 5.41) is 13.9. The number of nitrogens with one attached hydrogen (secondary N) is 1. The maximum absolute atomic E-state index is 14.1. The fraction of sp³-hybridized carbons (Fsp3) is 0.208. The van der Waals surface area contributed by atoms with E-state index in [1.807, 2.05) is 0 Å². The Morgan fingerprint density at radius 2 is 1.61 bits per heavy atom. The fourth-order valence-corrected chi connectivity index (χ4v) is 6.50. The Balaban J connectivity index is 1.96. The van der Waals surface area contributed by atoms with Crippen molar-refractivity contribution in [3.63, 3.8) is 0 Å². The van der Waals surface area contributed by atoms with Gasteiger partial charge in [-0.1, -0.05) is 48.5 Å². The number of carbonyl (C=O) groups is 1. The molecular weight excluding hydrogens is 442 g/mol. The van der Waals surface area contributed by atoms with Crippen LogP contribution in [0.5, 0.6) is 0 Å². The van der Waals surface area contributed by atoms with E-state index in [2.05, 4.69) is 5.32 Å². The van der Waals surface area contributed by atoms with E-state index in [-0.39, 0.29) is 17.1 Å². The number of carbonyl (C=O) groups excluding carboxylic acids is 1. The van der Waals surface area contributed by atoms with Crippen LogP contribution in [-0.4, -0.2) is 36.9 Å². The second-order valence-corrected chi connectivity index (χ2v) is 10.3. The molecule has 1 unspecified atom stereocenters. The number of rotatable bonds is 6. The molecule has 1 fully saturated rings. The molecule has 1 saturated heterocycles. The second-order valence-electron chi connectivity index (χ2n) is 8.11. The van der Waals surface area contributed by atoms with Gasteiger partial charge in [-0.2, -0.15) is 0 Å². The maximum atomic E-state index is 14.1. The fourth-order valence-electron chi connectivity index (χ4n) is 4.34. The smallest absolute Gasteiger partial charge is 0.319 e. The van der Waals surface area contributed by atoms with Crippen LogP contribution in [0.2, 0.25) is 0 Å². The number of nitrogens with zero attached hydrogens (tertiary/aromatic N) is 2. The summed E-state index contributed by atoms with van der Waals surface area (Å²) in [4.78, 5) is 23.4. The molecule has 0 radical (unpaired) electrons. The summed E-state index contributed by atoms with van der Waals surface area (Å²) in [6.07, 6.45) is 0. The number of urea groups is 1. The maximum Gasteiger partial charge on any atom is 0.319 e. The van der Waals surface area contributed by atoms with E-state index in [1.54, 1.807) is 68.4 Å². The van der Waals surface area contributed by atoms with Crippen molar-refractivity contribution in [3.05, 3.63) is 94.5 Å². The van der Waals surface area contributed by atoms with Gasteiger partial charge in [0.05, 0.1) is 16.4 Å². The van der Waals surface area contributed by atoms with Gasteiger partial charge in [0.25, 0.3) is 5.69 Å². The highest BCUT2D eigenvalue weighted by atomic mass is 32.2. The molecule has 33 heavy (non-hydrogen) atoms. The number of benzene rings is 3. The standard InChI is InChI=1S/C24H23N3O5S/c1-17(2)26-23(28)25-16-24(26,33(31,32)22-12-4-3-5-13-22)20-10-6-8-18(14-20)19-9-7-11-21(15-19)27(29)30/h3-15,17H,16H2,1-2H3,(H,25,28). The lowest BCUT2D eigenvalue weighted by atomic mass is 9.98. The molecule has 0 saturated carbocycles. The molecule has 3 aromatic carbocycles. The number of nitro benzene ring substituents is 1. The van der Waals surface area contributed by atoms with Gasteiger partial charge >= 0.3 is 6.03 Å². The molecule has 0 aromatic heterocycles. The highest BCUT2D eigenvalue weighted by Gasteiger charge is 2.58. The van der Waals surface area contributed by atoms with Crippen LogP contribution in [0, 0.1) is 10.1 Å². The highest BCUT2D eigenvalue weighted by molar-refractivity contribution is 7.92. The first kappa shape index (κ1) is 22.5. The van der Waals surface area contributed by atoms with Crippen molar-refractivity contribution in [2.24, 2.45) is 0 Å². The van der Waals surface area contributed by atoms with Crippen molar-refractivity contribution in [3.8, 4) is 11.1 Å². The minimum Gasteiger partial charge on any atom is -0.334 e. The summed E-state index contributed by atoms with van der Waals surface area (Å²) in [6.45, 7) is 3.41.